The lowest BCUT2D eigenvalue weighted by molar-refractivity contribution is -0.144. The summed E-state index contributed by atoms with van der Waals surface area (Å²) < 4.78 is 6.24. The molecule has 2 saturated heterocycles. The third-order valence-corrected chi connectivity index (χ3v) is 18.4. The highest BCUT2D eigenvalue weighted by Gasteiger charge is 2.45. The predicted molar refractivity (Wildman–Crippen MR) is 325 cm³/mol. The number of hydrogen-bond acceptors (Lipinski definition) is 11. The molecule has 4 heterocycles. The number of nitrogens with zero attached hydrogens (tertiary/aromatic N) is 6. The second kappa shape index (κ2) is 26.2. The Balaban J connectivity index is 0.696. The van der Waals surface area contributed by atoms with Crippen molar-refractivity contribution in [1.29, 1.82) is 0 Å². The molecule has 5 atom stereocenters. The van der Waals surface area contributed by atoms with Gasteiger partial charge < -0.3 is 40.1 Å². The summed E-state index contributed by atoms with van der Waals surface area (Å²) in [7, 11) is 2.18. The maximum atomic E-state index is 14.3. The van der Waals surface area contributed by atoms with Crippen LogP contribution in [0.2, 0.25) is 5.02 Å². The van der Waals surface area contributed by atoms with Crippen molar-refractivity contribution >= 4 is 57.9 Å². The number of ether oxygens (including phenoxy) is 1. The molecular weight excluding hydrogens is 1060 g/mol. The number of amides is 4. The number of rotatable bonds is 19. The summed E-state index contributed by atoms with van der Waals surface area (Å²) in [5.74, 6) is 0.662. The number of unbranched alkanes of at least 4 members (excludes halogenated alkanes) is 1. The van der Waals surface area contributed by atoms with Gasteiger partial charge in [-0.2, -0.15) is 0 Å². The highest BCUT2D eigenvalue weighted by molar-refractivity contribution is 7.13. The summed E-state index contributed by atoms with van der Waals surface area (Å²) in [5, 5.41) is 17.5. The zero-order valence-corrected chi connectivity index (χ0v) is 50.6. The van der Waals surface area contributed by atoms with E-state index < -0.39 is 23.6 Å². The van der Waals surface area contributed by atoms with Crippen molar-refractivity contribution in [3.05, 3.63) is 129 Å². The summed E-state index contributed by atoms with van der Waals surface area (Å²) in [4.78, 5) is 72.1. The maximum absolute atomic E-state index is 14.3. The fourth-order valence-electron chi connectivity index (χ4n) is 12.6. The minimum Gasteiger partial charge on any atom is -0.491 e. The molecule has 0 radical (unpaired) electrons. The maximum Gasteiger partial charge on any atom is 0.246 e. The van der Waals surface area contributed by atoms with Crippen LogP contribution in [-0.4, -0.2) is 132 Å². The normalized spacial score (nSPS) is 21.6. The molecule has 4 aromatic carbocycles. The Morgan fingerprint density at radius 1 is 0.889 bits per heavy atom. The number of aromatic nitrogens is 1. The molecule has 0 spiro atoms. The van der Waals surface area contributed by atoms with Crippen LogP contribution in [0.4, 0.5) is 11.4 Å². The first-order chi connectivity index (χ1) is 38.7. The van der Waals surface area contributed by atoms with Crippen LogP contribution in [0.15, 0.2) is 90.4 Å². The van der Waals surface area contributed by atoms with Gasteiger partial charge in [-0.3, -0.25) is 24.1 Å². The summed E-state index contributed by atoms with van der Waals surface area (Å²) in [6.07, 6.45) is 6.36. The number of aryl methyl sites for hydroxylation is 2. The molecule has 5 aromatic rings. The summed E-state index contributed by atoms with van der Waals surface area (Å²) in [5.41, 5.74) is 10.3. The zero-order chi connectivity index (χ0) is 57.7. The number of carbonyl (C=O) groups excluding carboxylic acids is 4. The number of benzene rings is 4. The molecule has 0 bridgehead atoms. The van der Waals surface area contributed by atoms with E-state index in [9.17, 15) is 24.3 Å². The van der Waals surface area contributed by atoms with Crippen molar-refractivity contribution in [3.63, 3.8) is 0 Å². The van der Waals surface area contributed by atoms with E-state index in [-0.39, 0.29) is 54.8 Å². The number of β-amino-alcohol motifs (C(OH)–C–C–N with tert-alkyl or cyclic N) is 1. The molecule has 3 fully saturated rings. The van der Waals surface area contributed by atoms with Gasteiger partial charge in [-0.05, 0) is 167 Å². The molecule has 1 aromatic heterocycles. The van der Waals surface area contributed by atoms with Crippen molar-refractivity contribution in [2.45, 2.75) is 156 Å². The standard InChI is InChI=1S/C65H85ClN8O6S/c1-41(2)80-57-37-55-49(34-42(57)3)35-59(77)74(60(55)47-19-21-50(66)22-20-47)53-27-25-51(26-28-53)70(9)38-45-13-23-52(24-14-45)72-32-30-71(31-33-72)29-11-10-12-58(76)69-62(65(6,7)8)64(79)73-39-54(75)36-56(73)63(78)68-43(4)46-15-17-48(18-16-46)61-44(5)67-40-81-61/h15-22,25-28,34,37,40-41,43,45,52,54,56,60,62,75H,10-14,23-24,29-33,35-36,38-39H2,1-9H3,(H,68,78)(H,69,76)/t43-,45?,52?,54+,56-,60-,62+/m0/s1. The molecule has 0 unspecified atom stereocenters. The fraction of sp³-hybridized carbons (Fsp3) is 0.523. The number of aliphatic hydroxyl groups excluding tert-OH is 1. The predicted octanol–water partition coefficient (Wildman–Crippen LogP) is 10.7. The van der Waals surface area contributed by atoms with E-state index in [1.807, 2.05) is 114 Å². The van der Waals surface area contributed by atoms with E-state index in [4.69, 9.17) is 16.3 Å². The Hall–Kier alpha value is -5.84. The molecule has 14 nitrogen and oxygen atoms in total. The second-order valence-electron chi connectivity index (χ2n) is 24.7. The highest BCUT2D eigenvalue weighted by atomic mass is 35.5. The van der Waals surface area contributed by atoms with E-state index in [2.05, 4.69) is 73.8 Å². The first-order valence-electron chi connectivity index (χ1n) is 29.4. The Kier molecular flexibility index (Phi) is 19.3. The van der Waals surface area contributed by atoms with E-state index in [1.54, 1.807) is 11.3 Å². The quantitative estimate of drug-likeness (QED) is 0.0682. The number of halogens is 1. The smallest absolute Gasteiger partial charge is 0.246 e. The second-order valence-corrected chi connectivity index (χ2v) is 26.0. The van der Waals surface area contributed by atoms with Crippen LogP contribution >= 0.6 is 22.9 Å². The number of aliphatic hydroxyl groups is 1. The first-order valence-corrected chi connectivity index (χ1v) is 30.7. The largest absolute Gasteiger partial charge is 0.491 e. The average Bonchev–Trinajstić information content (AvgIpc) is 4.23. The van der Waals surface area contributed by atoms with Crippen molar-refractivity contribution in [3.8, 4) is 16.2 Å². The van der Waals surface area contributed by atoms with Gasteiger partial charge in [0.25, 0.3) is 0 Å². The number of nitrogens with one attached hydrogen (secondary N) is 2. The average molecular weight is 1140 g/mol. The molecule has 16 heteroatoms. The van der Waals surface area contributed by atoms with Gasteiger partial charge in [0.15, 0.2) is 0 Å². The lowest BCUT2D eigenvalue weighted by Gasteiger charge is -2.42. The van der Waals surface area contributed by atoms with E-state index in [1.165, 1.54) is 30.6 Å². The molecule has 1 aliphatic carbocycles. The molecule has 434 valence electrons. The zero-order valence-electron chi connectivity index (χ0n) is 49.1. The van der Waals surface area contributed by atoms with Gasteiger partial charge in [0.05, 0.1) is 46.8 Å². The first kappa shape index (κ1) is 59.8. The molecule has 1 saturated carbocycles. The van der Waals surface area contributed by atoms with E-state index in [0.29, 0.717) is 36.2 Å². The third-order valence-electron chi connectivity index (χ3n) is 17.2. The lowest BCUT2D eigenvalue weighted by Crippen LogP contribution is -2.57. The van der Waals surface area contributed by atoms with Crippen LogP contribution in [0.25, 0.3) is 10.4 Å². The number of hydrogen-bond donors (Lipinski definition) is 3. The number of piperazine rings is 1. The SMILES string of the molecule is Cc1cc2c(cc1OC(C)C)[C@H](c1ccc(Cl)cc1)N(c1ccc(N(C)CC3CCC(N4CCN(CCCCC(=O)N[C@H](C(=O)N5C[C@H](O)C[C@H]5C(=O)N[C@@H](C)c5ccc(-c6scnc6C)cc5)C(C)(C)C)CC4)CC3)cc1)C(=O)C2. The van der Waals surface area contributed by atoms with Crippen molar-refractivity contribution in [2.75, 3.05) is 62.7 Å². The Morgan fingerprint density at radius 2 is 1.58 bits per heavy atom. The van der Waals surface area contributed by atoms with Gasteiger partial charge in [-0.1, -0.05) is 74.8 Å². The van der Waals surface area contributed by atoms with E-state index in [0.717, 1.165) is 107 Å². The summed E-state index contributed by atoms with van der Waals surface area (Å²) in [6, 6.07) is 26.9. The van der Waals surface area contributed by atoms with Gasteiger partial charge in [0.1, 0.15) is 17.8 Å². The van der Waals surface area contributed by atoms with Gasteiger partial charge in [-0.25, -0.2) is 4.98 Å². The highest BCUT2D eigenvalue weighted by Crippen LogP contribution is 2.43. The topological polar surface area (TPSA) is 151 Å². The molecular formula is C65H85ClN8O6S. The van der Waals surface area contributed by atoms with Crippen molar-refractivity contribution < 1.29 is 29.0 Å². The minimum absolute atomic E-state index is 0.0274. The van der Waals surface area contributed by atoms with Gasteiger partial charge in [0.2, 0.25) is 23.6 Å². The number of likely N-dealkylation sites (tertiary alicyclic amines) is 1. The summed E-state index contributed by atoms with van der Waals surface area (Å²) >= 11 is 7.95. The van der Waals surface area contributed by atoms with Crippen LogP contribution in [0, 0.1) is 25.2 Å². The Labute approximate surface area is 489 Å². The van der Waals surface area contributed by atoms with Crippen LogP contribution in [0.1, 0.15) is 139 Å². The molecule has 3 aliphatic heterocycles. The van der Waals surface area contributed by atoms with Crippen LogP contribution in [-0.2, 0) is 25.6 Å². The molecule has 9 rings (SSSR count). The molecule has 3 N–H and O–H groups in total. The summed E-state index contributed by atoms with van der Waals surface area (Å²) in [6.45, 7) is 21.9. The third kappa shape index (κ3) is 14.5. The number of thiazole rings is 1. The van der Waals surface area contributed by atoms with Crippen LogP contribution in [0.3, 0.4) is 0 Å². The minimum atomic E-state index is -0.855. The molecule has 4 amide bonds. The number of anilines is 2. The van der Waals surface area contributed by atoms with Gasteiger partial charge >= 0.3 is 0 Å². The van der Waals surface area contributed by atoms with Gasteiger partial charge in [0, 0.05) is 81.6 Å². The molecule has 81 heavy (non-hydrogen) atoms. The van der Waals surface area contributed by atoms with E-state index >= 15 is 0 Å². The number of fused-ring (bicyclic) bond motifs is 1. The van der Waals surface area contributed by atoms with Gasteiger partial charge in [-0.15, -0.1) is 11.3 Å². The lowest BCUT2D eigenvalue weighted by atomic mass is 9.84. The Bertz CT molecular complexity index is 2970. The Morgan fingerprint density at radius 3 is 2.22 bits per heavy atom. The molecule has 4 aliphatic rings. The van der Waals surface area contributed by atoms with Crippen LogP contribution < -0.4 is 25.2 Å². The van der Waals surface area contributed by atoms with Crippen LogP contribution in [0.5, 0.6) is 5.75 Å². The number of carbonyl (C=O) groups is 4. The van der Waals surface area contributed by atoms with Crippen molar-refractivity contribution in [1.82, 2.24) is 30.3 Å². The monoisotopic (exact) mass is 1140 g/mol. The van der Waals surface area contributed by atoms with Crippen molar-refractivity contribution in [2.24, 2.45) is 11.3 Å². The fourth-order valence-corrected chi connectivity index (χ4v) is 13.6.